The zero-order valence-electron chi connectivity index (χ0n) is 16.1. The van der Waals surface area contributed by atoms with E-state index in [0.29, 0.717) is 10.7 Å². The van der Waals surface area contributed by atoms with Crippen LogP contribution in [0.3, 0.4) is 0 Å². The molecular formula is C24H19ClN2OS. The minimum absolute atomic E-state index is 0.0568. The maximum Gasteiger partial charge on any atom is 0.266 e. The number of benzene rings is 3. The van der Waals surface area contributed by atoms with Crippen molar-refractivity contribution in [3.8, 4) is 6.07 Å². The van der Waals surface area contributed by atoms with Crippen LogP contribution < -0.4 is 5.32 Å². The second-order valence-corrected chi connectivity index (χ2v) is 8.13. The molecule has 3 nitrogen and oxygen atoms in total. The van der Waals surface area contributed by atoms with Gasteiger partial charge in [-0.15, -0.1) is 0 Å². The van der Waals surface area contributed by atoms with Crippen LogP contribution in [0.5, 0.6) is 0 Å². The minimum Gasteiger partial charge on any atom is -0.321 e. The Morgan fingerprint density at radius 1 is 0.966 bits per heavy atom. The number of hydrogen-bond acceptors (Lipinski definition) is 3. The van der Waals surface area contributed by atoms with Gasteiger partial charge in [0.2, 0.25) is 0 Å². The lowest BCUT2D eigenvalue weighted by molar-refractivity contribution is -0.112. The molecule has 0 aliphatic heterocycles. The van der Waals surface area contributed by atoms with E-state index in [4.69, 9.17) is 11.6 Å². The summed E-state index contributed by atoms with van der Waals surface area (Å²) in [6, 6.07) is 23.0. The van der Waals surface area contributed by atoms with E-state index < -0.39 is 5.91 Å². The molecule has 0 saturated carbocycles. The molecule has 0 spiro atoms. The second kappa shape index (κ2) is 9.47. The van der Waals surface area contributed by atoms with Crippen molar-refractivity contribution in [3.05, 3.63) is 94.0 Å². The number of hydrogen-bond donors (Lipinski definition) is 1. The molecule has 0 bridgehead atoms. The number of anilines is 1. The lowest BCUT2D eigenvalue weighted by Gasteiger charge is -2.07. The van der Waals surface area contributed by atoms with E-state index in [0.717, 1.165) is 26.5 Å². The normalized spacial score (nSPS) is 11.0. The average Bonchev–Trinajstić information content (AvgIpc) is 2.72. The Kier molecular flexibility index (Phi) is 6.77. The number of halogens is 1. The van der Waals surface area contributed by atoms with Gasteiger partial charge in [0.25, 0.3) is 5.91 Å². The number of nitrogens with zero attached hydrogens (tertiary/aromatic N) is 1. The van der Waals surface area contributed by atoms with Crippen LogP contribution in [0.25, 0.3) is 6.08 Å². The number of nitriles is 1. The molecule has 5 heteroatoms. The van der Waals surface area contributed by atoms with Crippen LogP contribution in [-0.2, 0) is 4.79 Å². The first-order valence-corrected chi connectivity index (χ1v) is 10.2. The van der Waals surface area contributed by atoms with Crippen molar-refractivity contribution < 1.29 is 4.79 Å². The zero-order valence-corrected chi connectivity index (χ0v) is 17.6. The molecule has 0 heterocycles. The number of carbonyl (C=O) groups excluding carboxylic acids is 1. The summed E-state index contributed by atoms with van der Waals surface area (Å²) < 4.78 is 0. The average molecular weight is 419 g/mol. The highest BCUT2D eigenvalue weighted by Gasteiger charge is 2.10. The molecule has 0 aliphatic rings. The van der Waals surface area contributed by atoms with Crippen LogP contribution in [-0.4, -0.2) is 5.91 Å². The Bertz CT molecular complexity index is 1100. The number of rotatable bonds is 5. The molecule has 0 unspecified atom stereocenters. The molecule has 0 saturated heterocycles. The number of amides is 1. The van der Waals surface area contributed by atoms with E-state index in [2.05, 4.69) is 5.32 Å². The van der Waals surface area contributed by atoms with Crippen LogP contribution in [0.4, 0.5) is 5.69 Å². The fourth-order valence-corrected chi connectivity index (χ4v) is 3.55. The Morgan fingerprint density at radius 3 is 2.17 bits per heavy atom. The molecule has 29 heavy (non-hydrogen) atoms. The van der Waals surface area contributed by atoms with E-state index in [1.807, 2.05) is 86.6 Å². The predicted octanol–water partition coefficient (Wildman–Crippen LogP) is 6.65. The van der Waals surface area contributed by atoms with Crippen molar-refractivity contribution in [2.75, 3.05) is 5.32 Å². The van der Waals surface area contributed by atoms with Crippen molar-refractivity contribution in [3.63, 3.8) is 0 Å². The van der Waals surface area contributed by atoms with E-state index in [1.165, 1.54) is 0 Å². The van der Waals surface area contributed by atoms with Gasteiger partial charge in [0.05, 0.1) is 0 Å². The highest BCUT2D eigenvalue weighted by atomic mass is 35.5. The molecule has 3 rings (SSSR count). The second-order valence-electron chi connectivity index (χ2n) is 6.55. The summed E-state index contributed by atoms with van der Waals surface area (Å²) in [6.45, 7) is 3.99. The highest BCUT2D eigenvalue weighted by molar-refractivity contribution is 7.99. The van der Waals surface area contributed by atoms with Gasteiger partial charge in [-0.05, 0) is 85.1 Å². The van der Waals surface area contributed by atoms with Gasteiger partial charge in [-0.2, -0.15) is 5.26 Å². The molecule has 1 amide bonds. The molecular weight excluding hydrogens is 400 g/mol. The van der Waals surface area contributed by atoms with E-state index in [-0.39, 0.29) is 5.57 Å². The fraction of sp³-hybridized carbons (Fsp3) is 0.0833. The first kappa shape index (κ1) is 20.7. The van der Waals surface area contributed by atoms with E-state index in [9.17, 15) is 10.1 Å². The van der Waals surface area contributed by atoms with Crippen molar-refractivity contribution in [2.45, 2.75) is 23.6 Å². The summed E-state index contributed by atoms with van der Waals surface area (Å²) in [6.07, 6.45) is 1.59. The number of nitrogens with one attached hydrogen (secondary N) is 1. The molecule has 3 aromatic carbocycles. The quantitative estimate of drug-likeness (QED) is 0.372. The Balaban J connectivity index is 1.71. The third kappa shape index (κ3) is 5.74. The van der Waals surface area contributed by atoms with Crippen LogP contribution in [0.15, 0.2) is 82.1 Å². The molecule has 0 aromatic heterocycles. The van der Waals surface area contributed by atoms with Gasteiger partial charge in [0.15, 0.2) is 0 Å². The summed E-state index contributed by atoms with van der Waals surface area (Å²) in [5.74, 6) is -0.421. The van der Waals surface area contributed by atoms with Crippen molar-refractivity contribution in [1.82, 2.24) is 0 Å². The summed E-state index contributed by atoms with van der Waals surface area (Å²) in [4.78, 5) is 14.6. The number of aryl methyl sites for hydroxylation is 2. The van der Waals surface area contributed by atoms with Gasteiger partial charge in [-0.1, -0.05) is 41.6 Å². The smallest absolute Gasteiger partial charge is 0.266 e. The monoisotopic (exact) mass is 418 g/mol. The molecule has 0 fully saturated rings. The van der Waals surface area contributed by atoms with E-state index >= 15 is 0 Å². The lowest BCUT2D eigenvalue weighted by atomic mass is 10.1. The minimum atomic E-state index is -0.421. The largest absolute Gasteiger partial charge is 0.321 e. The van der Waals surface area contributed by atoms with Gasteiger partial charge in [-0.3, -0.25) is 4.79 Å². The fourth-order valence-electron chi connectivity index (χ4n) is 2.60. The van der Waals surface area contributed by atoms with Gasteiger partial charge >= 0.3 is 0 Å². The lowest BCUT2D eigenvalue weighted by Crippen LogP contribution is -2.13. The molecule has 0 radical (unpaired) electrons. The Labute approximate surface area is 180 Å². The van der Waals surface area contributed by atoms with Gasteiger partial charge in [0, 0.05) is 20.5 Å². The molecule has 3 aromatic rings. The Morgan fingerprint density at radius 2 is 1.59 bits per heavy atom. The van der Waals surface area contributed by atoms with Crippen LogP contribution in [0.2, 0.25) is 5.02 Å². The molecule has 1 N–H and O–H groups in total. The van der Waals surface area contributed by atoms with E-state index in [1.54, 1.807) is 17.8 Å². The first-order chi connectivity index (χ1) is 13.9. The van der Waals surface area contributed by atoms with Gasteiger partial charge in [0.1, 0.15) is 11.6 Å². The first-order valence-electron chi connectivity index (χ1n) is 8.98. The summed E-state index contributed by atoms with van der Waals surface area (Å²) in [5, 5.41) is 12.9. The van der Waals surface area contributed by atoms with Crippen LogP contribution >= 0.6 is 23.4 Å². The van der Waals surface area contributed by atoms with Gasteiger partial charge in [-0.25, -0.2) is 0 Å². The summed E-state index contributed by atoms with van der Waals surface area (Å²) in [5.41, 5.74) is 3.75. The SMILES string of the molecule is Cc1ccc(NC(=O)/C(C#N)=C\c2ccc(Sc3ccc(Cl)cc3)cc2)cc1C. The van der Waals surface area contributed by atoms with Crippen molar-refractivity contribution in [2.24, 2.45) is 0 Å². The maximum absolute atomic E-state index is 12.5. The predicted molar refractivity (Wildman–Crippen MR) is 120 cm³/mol. The molecule has 144 valence electrons. The topological polar surface area (TPSA) is 52.9 Å². The Hall–Kier alpha value is -3.00. The zero-order chi connectivity index (χ0) is 20.8. The standard InChI is InChI=1S/C24H19ClN2OS/c1-16-3-8-21(13-17(16)2)27-24(28)19(15-26)14-18-4-9-22(10-5-18)29-23-11-6-20(25)7-12-23/h3-14H,1-2H3,(H,27,28)/b19-14-. The third-order valence-electron chi connectivity index (χ3n) is 4.37. The van der Waals surface area contributed by atoms with Crippen molar-refractivity contribution in [1.29, 1.82) is 5.26 Å². The van der Waals surface area contributed by atoms with Crippen molar-refractivity contribution >= 4 is 41.0 Å². The maximum atomic E-state index is 12.5. The molecule has 0 atom stereocenters. The molecule has 0 aliphatic carbocycles. The van der Waals surface area contributed by atoms with Gasteiger partial charge < -0.3 is 5.32 Å². The third-order valence-corrected chi connectivity index (χ3v) is 5.64. The highest BCUT2D eigenvalue weighted by Crippen LogP contribution is 2.29. The summed E-state index contributed by atoms with van der Waals surface area (Å²) in [7, 11) is 0. The number of carbonyl (C=O) groups is 1. The summed E-state index contributed by atoms with van der Waals surface area (Å²) >= 11 is 7.53. The van der Waals surface area contributed by atoms with Crippen LogP contribution in [0, 0.1) is 25.2 Å². The van der Waals surface area contributed by atoms with Crippen LogP contribution in [0.1, 0.15) is 16.7 Å².